The van der Waals surface area contributed by atoms with E-state index < -0.39 is 11.6 Å². The van der Waals surface area contributed by atoms with Crippen LogP contribution in [-0.2, 0) is 6.54 Å². The second-order valence-electron chi connectivity index (χ2n) is 4.48. The zero-order valence-corrected chi connectivity index (χ0v) is 10.9. The van der Waals surface area contributed by atoms with Gasteiger partial charge in [0.1, 0.15) is 11.6 Å². The number of rotatable bonds is 3. The summed E-state index contributed by atoms with van der Waals surface area (Å²) in [6.07, 6.45) is 0. The van der Waals surface area contributed by atoms with Gasteiger partial charge in [-0.3, -0.25) is 9.67 Å². The average molecular weight is 269 g/mol. The van der Waals surface area contributed by atoms with Gasteiger partial charge in [-0.05, 0) is 30.3 Å². The number of H-pyrrole nitrogens is 1. The largest absolute Gasteiger partial charge is 0.300 e. The van der Waals surface area contributed by atoms with E-state index in [1.54, 1.807) is 4.57 Å². The van der Waals surface area contributed by atoms with Gasteiger partial charge in [0, 0.05) is 12.6 Å². The Morgan fingerprint density at radius 3 is 2.72 bits per heavy atom. The molecule has 0 spiro atoms. The van der Waals surface area contributed by atoms with E-state index in [1.165, 1.54) is 12.1 Å². The SMILES string of the molecule is CC(C)Cn1c(-c2ccc(F)cc2F)n[nH]c1=S. The van der Waals surface area contributed by atoms with Gasteiger partial charge in [-0.15, -0.1) is 0 Å². The maximum atomic E-state index is 13.7. The van der Waals surface area contributed by atoms with Crippen LogP contribution < -0.4 is 0 Å². The predicted molar refractivity (Wildman–Crippen MR) is 67.6 cm³/mol. The summed E-state index contributed by atoms with van der Waals surface area (Å²) in [5.41, 5.74) is 0.240. The van der Waals surface area contributed by atoms with Crippen LogP contribution in [-0.4, -0.2) is 14.8 Å². The monoisotopic (exact) mass is 269 g/mol. The van der Waals surface area contributed by atoms with Gasteiger partial charge < -0.3 is 0 Å². The first-order valence-electron chi connectivity index (χ1n) is 5.59. The molecule has 0 aliphatic heterocycles. The summed E-state index contributed by atoms with van der Waals surface area (Å²) < 4.78 is 28.8. The maximum absolute atomic E-state index is 13.7. The highest BCUT2D eigenvalue weighted by Crippen LogP contribution is 2.22. The number of aromatic amines is 1. The summed E-state index contributed by atoms with van der Waals surface area (Å²) in [7, 11) is 0. The second kappa shape index (κ2) is 4.97. The lowest BCUT2D eigenvalue weighted by molar-refractivity contribution is 0.519. The highest BCUT2D eigenvalue weighted by atomic mass is 32.1. The van der Waals surface area contributed by atoms with Crippen molar-refractivity contribution in [1.82, 2.24) is 14.8 Å². The van der Waals surface area contributed by atoms with Crippen molar-refractivity contribution >= 4 is 12.2 Å². The Hall–Kier alpha value is -1.56. The predicted octanol–water partition coefficient (Wildman–Crippen LogP) is 3.54. The summed E-state index contributed by atoms with van der Waals surface area (Å²) in [5.74, 6) is -0.516. The molecule has 1 heterocycles. The number of nitrogens with zero attached hydrogens (tertiary/aromatic N) is 2. The lowest BCUT2D eigenvalue weighted by Gasteiger charge is -2.09. The summed E-state index contributed by atoms with van der Waals surface area (Å²) >= 11 is 5.11. The van der Waals surface area contributed by atoms with Gasteiger partial charge in [-0.1, -0.05) is 13.8 Å². The number of benzene rings is 1. The lowest BCUT2D eigenvalue weighted by Crippen LogP contribution is -2.07. The summed E-state index contributed by atoms with van der Waals surface area (Å²) in [6, 6.07) is 3.41. The molecule has 1 aromatic heterocycles. The molecule has 0 aliphatic carbocycles. The van der Waals surface area contributed by atoms with E-state index in [9.17, 15) is 8.78 Å². The molecular weight excluding hydrogens is 256 g/mol. The molecule has 1 aromatic carbocycles. The Morgan fingerprint density at radius 2 is 2.11 bits per heavy atom. The van der Waals surface area contributed by atoms with Crippen LogP contribution in [0, 0.1) is 22.3 Å². The topological polar surface area (TPSA) is 33.6 Å². The Balaban J connectivity index is 2.54. The van der Waals surface area contributed by atoms with Gasteiger partial charge in [-0.2, -0.15) is 5.10 Å². The zero-order chi connectivity index (χ0) is 13.3. The van der Waals surface area contributed by atoms with Crippen LogP contribution in [0.3, 0.4) is 0 Å². The second-order valence-corrected chi connectivity index (χ2v) is 4.87. The molecule has 0 amide bonds. The molecule has 0 bridgehead atoms. The molecule has 96 valence electrons. The van der Waals surface area contributed by atoms with Crippen LogP contribution >= 0.6 is 12.2 Å². The van der Waals surface area contributed by atoms with Gasteiger partial charge in [-0.25, -0.2) is 8.78 Å². The van der Waals surface area contributed by atoms with Crippen LogP contribution in [0.5, 0.6) is 0 Å². The van der Waals surface area contributed by atoms with Gasteiger partial charge in [0.15, 0.2) is 10.6 Å². The number of aromatic nitrogens is 3. The fourth-order valence-corrected chi connectivity index (χ4v) is 1.94. The molecule has 2 rings (SSSR count). The minimum absolute atomic E-state index is 0.240. The number of halogens is 2. The fourth-order valence-electron chi connectivity index (χ4n) is 1.73. The first-order valence-corrected chi connectivity index (χ1v) is 6.00. The van der Waals surface area contributed by atoms with Crippen molar-refractivity contribution in [2.75, 3.05) is 0 Å². The average Bonchev–Trinajstić information content (AvgIpc) is 2.60. The van der Waals surface area contributed by atoms with Crippen molar-refractivity contribution in [3.63, 3.8) is 0 Å². The number of hydrogen-bond acceptors (Lipinski definition) is 2. The Kier molecular flexibility index (Phi) is 3.56. The standard InChI is InChI=1S/C12H13F2N3S/c1-7(2)6-17-11(15-16-12(17)18)9-4-3-8(13)5-10(9)14/h3-5,7H,6H2,1-2H3,(H,16,18). The van der Waals surface area contributed by atoms with E-state index >= 15 is 0 Å². The fraction of sp³-hybridized carbons (Fsp3) is 0.333. The minimum atomic E-state index is -0.644. The third kappa shape index (κ3) is 2.48. The van der Waals surface area contributed by atoms with Crippen molar-refractivity contribution in [3.8, 4) is 11.4 Å². The molecule has 2 aromatic rings. The molecule has 0 unspecified atom stereocenters. The normalized spacial score (nSPS) is 11.2. The highest BCUT2D eigenvalue weighted by molar-refractivity contribution is 7.71. The summed E-state index contributed by atoms with van der Waals surface area (Å²) in [6.45, 7) is 4.68. The maximum Gasteiger partial charge on any atom is 0.195 e. The van der Waals surface area contributed by atoms with E-state index in [2.05, 4.69) is 10.2 Å². The molecule has 0 fully saturated rings. The first-order chi connectivity index (χ1) is 8.49. The van der Waals surface area contributed by atoms with Crippen molar-refractivity contribution in [3.05, 3.63) is 34.6 Å². The molecule has 3 nitrogen and oxygen atoms in total. The zero-order valence-electron chi connectivity index (χ0n) is 10.1. The van der Waals surface area contributed by atoms with Crippen LogP contribution in [0.15, 0.2) is 18.2 Å². The van der Waals surface area contributed by atoms with Crippen LogP contribution in [0.25, 0.3) is 11.4 Å². The summed E-state index contributed by atoms with van der Waals surface area (Å²) in [4.78, 5) is 0. The lowest BCUT2D eigenvalue weighted by atomic mass is 10.1. The van der Waals surface area contributed by atoms with E-state index in [-0.39, 0.29) is 5.56 Å². The van der Waals surface area contributed by atoms with Crippen molar-refractivity contribution in [2.45, 2.75) is 20.4 Å². The van der Waals surface area contributed by atoms with E-state index in [0.717, 1.165) is 6.07 Å². The number of nitrogens with one attached hydrogen (secondary N) is 1. The molecular formula is C12H13F2N3S. The van der Waals surface area contributed by atoms with Gasteiger partial charge in [0.05, 0.1) is 5.56 Å². The van der Waals surface area contributed by atoms with E-state index in [4.69, 9.17) is 12.2 Å². The molecule has 0 saturated heterocycles. The molecule has 0 aliphatic rings. The van der Waals surface area contributed by atoms with Gasteiger partial charge in [0.25, 0.3) is 0 Å². The van der Waals surface area contributed by atoms with E-state index in [1.807, 2.05) is 13.8 Å². The molecule has 0 atom stereocenters. The van der Waals surface area contributed by atoms with Crippen molar-refractivity contribution in [1.29, 1.82) is 0 Å². The van der Waals surface area contributed by atoms with Crippen molar-refractivity contribution < 1.29 is 8.78 Å². The molecule has 0 radical (unpaired) electrons. The Labute approximate surface area is 108 Å². The van der Waals surface area contributed by atoms with Gasteiger partial charge >= 0.3 is 0 Å². The molecule has 1 N–H and O–H groups in total. The Morgan fingerprint density at radius 1 is 1.39 bits per heavy atom. The van der Waals surface area contributed by atoms with Crippen LogP contribution in [0.4, 0.5) is 8.78 Å². The van der Waals surface area contributed by atoms with Crippen molar-refractivity contribution in [2.24, 2.45) is 5.92 Å². The highest BCUT2D eigenvalue weighted by Gasteiger charge is 2.14. The quantitative estimate of drug-likeness (QED) is 0.865. The third-order valence-corrected chi connectivity index (χ3v) is 2.79. The van der Waals surface area contributed by atoms with Gasteiger partial charge in [0.2, 0.25) is 0 Å². The first kappa shape index (κ1) is 12.9. The van der Waals surface area contributed by atoms with Crippen LogP contribution in [0.1, 0.15) is 13.8 Å². The molecule has 18 heavy (non-hydrogen) atoms. The minimum Gasteiger partial charge on any atom is -0.300 e. The number of hydrogen-bond donors (Lipinski definition) is 1. The summed E-state index contributed by atoms with van der Waals surface area (Å²) in [5, 5.41) is 6.65. The third-order valence-electron chi connectivity index (χ3n) is 2.48. The molecule has 6 heteroatoms. The smallest absolute Gasteiger partial charge is 0.195 e. The van der Waals surface area contributed by atoms with E-state index in [0.29, 0.717) is 23.1 Å². The molecule has 0 saturated carbocycles. The van der Waals surface area contributed by atoms with Crippen LogP contribution in [0.2, 0.25) is 0 Å². The Bertz CT molecular complexity index is 616.